The Hall–Kier alpha value is -0.455. The summed E-state index contributed by atoms with van der Waals surface area (Å²) in [6.07, 6.45) is 1.85. The highest BCUT2D eigenvalue weighted by Crippen LogP contribution is 2.42. The molecule has 1 aliphatic carbocycles. The van der Waals surface area contributed by atoms with E-state index in [1.165, 1.54) is 16.7 Å². The fourth-order valence-electron chi connectivity index (χ4n) is 2.08. The zero-order valence-electron chi connectivity index (χ0n) is 8.35. The van der Waals surface area contributed by atoms with E-state index in [-0.39, 0.29) is 0 Å². The van der Waals surface area contributed by atoms with Gasteiger partial charge in [-0.2, -0.15) is 0 Å². The second-order valence-electron chi connectivity index (χ2n) is 3.81. The minimum Gasteiger partial charge on any atom is -0.0953 e. The quantitative estimate of drug-likeness (QED) is 0.544. The first-order valence-corrected chi connectivity index (χ1v) is 4.66. The lowest BCUT2D eigenvalue weighted by Gasteiger charge is -2.17. The van der Waals surface area contributed by atoms with E-state index in [1.54, 1.807) is 0 Å². The van der Waals surface area contributed by atoms with Crippen molar-refractivity contribution in [1.82, 2.24) is 0 Å². The summed E-state index contributed by atoms with van der Waals surface area (Å²) in [6, 6.07) is 0. The van der Waals surface area contributed by atoms with E-state index in [9.17, 15) is 0 Å². The summed E-state index contributed by atoms with van der Waals surface area (Å²) in [5.74, 6) is 1.26. The summed E-state index contributed by atoms with van der Waals surface area (Å²) in [6.45, 7) is 10.8. The van der Waals surface area contributed by atoms with Crippen molar-refractivity contribution >= 4 is 7.85 Å². The van der Waals surface area contributed by atoms with E-state index >= 15 is 0 Å². The molecule has 0 aliphatic heterocycles. The molecule has 0 N–H and O–H groups in total. The van der Waals surface area contributed by atoms with Gasteiger partial charge in [0.15, 0.2) is 0 Å². The molecule has 1 heteroatoms. The van der Waals surface area contributed by atoms with Crippen LogP contribution in [-0.2, 0) is 0 Å². The molecule has 0 saturated carbocycles. The molecule has 0 aromatic carbocycles. The molecule has 0 nitrogen and oxygen atoms in total. The fraction of sp³-hybridized carbons (Fsp3) is 0.636. The van der Waals surface area contributed by atoms with Crippen LogP contribution in [0.5, 0.6) is 0 Å². The van der Waals surface area contributed by atoms with Crippen molar-refractivity contribution in [2.24, 2.45) is 11.8 Å². The van der Waals surface area contributed by atoms with E-state index in [0.29, 0.717) is 11.8 Å². The van der Waals surface area contributed by atoms with Crippen molar-refractivity contribution in [3.05, 3.63) is 23.3 Å². The van der Waals surface area contributed by atoms with Gasteiger partial charge in [-0.3, -0.25) is 0 Å². The molecule has 0 spiro atoms. The van der Waals surface area contributed by atoms with Crippen LogP contribution in [0.15, 0.2) is 23.3 Å². The Kier molecular flexibility index (Phi) is 2.82. The summed E-state index contributed by atoms with van der Waals surface area (Å²) in [7, 11) is 5.56. The molecule has 0 heterocycles. The Bertz CT molecular complexity index is 225. The van der Waals surface area contributed by atoms with Crippen molar-refractivity contribution < 1.29 is 0 Å². The van der Waals surface area contributed by atoms with Crippen LogP contribution in [0, 0.1) is 11.8 Å². The molecule has 2 atom stereocenters. The van der Waals surface area contributed by atoms with Gasteiger partial charge in [0.2, 0.25) is 0 Å². The Morgan fingerprint density at radius 1 is 1.42 bits per heavy atom. The van der Waals surface area contributed by atoms with Crippen LogP contribution in [0.1, 0.15) is 27.2 Å². The number of allylic oxidation sites excluding steroid dienone is 3. The highest BCUT2D eigenvalue weighted by atomic mass is 14.3. The topological polar surface area (TPSA) is 0 Å². The molecule has 0 amide bonds. The van der Waals surface area contributed by atoms with Crippen LogP contribution in [0.4, 0.5) is 0 Å². The maximum absolute atomic E-state index is 5.56. The lowest BCUT2D eigenvalue weighted by Crippen LogP contribution is -2.07. The molecule has 0 aromatic rings. The first-order chi connectivity index (χ1) is 5.59. The Morgan fingerprint density at radius 2 is 2.00 bits per heavy atom. The molecule has 0 fully saturated rings. The fourth-order valence-corrected chi connectivity index (χ4v) is 2.08. The molecular weight excluding hydrogens is 143 g/mol. The van der Waals surface area contributed by atoms with E-state index in [4.69, 9.17) is 7.85 Å². The maximum atomic E-state index is 5.56. The molecule has 1 aliphatic rings. The smallest absolute Gasteiger partial charge is 0.0653 e. The van der Waals surface area contributed by atoms with Gasteiger partial charge in [0.05, 0.1) is 7.85 Å². The molecule has 64 valence electrons. The molecule has 2 radical (unpaired) electrons. The standard InChI is InChI=1S/C11H17B/c1-7-8(2)10(4)11(5-6-12)9(7)3/h10-11H,3,5-6H2,1-2,4H3. The largest absolute Gasteiger partial charge is 0.0953 e. The van der Waals surface area contributed by atoms with Crippen molar-refractivity contribution in [1.29, 1.82) is 0 Å². The van der Waals surface area contributed by atoms with Crippen LogP contribution >= 0.6 is 0 Å². The number of hydrogen-bond donors (Lipinski definition) is 0. The van der Waals surface area contributed by atoms with Gasteiger partial charge < -0.3 is 0 Å². The second-order valence-corrected chi connectivity index (χ2v) is 3.81. The Balaban J connectivity index is 2.80. The number of rotatable bonds is 2. The highest BCUT2D eigenvalue weighted by molar-refractivity contribution is 6.08. The van der Waals surface area contributed by atoms with Crippen LogP contribution in [0.25, 0.3) is 0 Å². The molecule has 2 unspecified atom stereocenters. The SMILES string of the molecule is [B]CCC1C(=C)C(C)=C(C)C1C. The van der Waals surface area contributed by atoms with E-state index in [0.717, 1.165) is 12.7 Å². The minimum atomic E-state index is 0.606. The third-order valence-corrected chi connectivity index (χ3v) is 3.28. The Morgan fingerprint density at radius 3 is 2.33 bits per heavy atom. The summed E-state index contributed by atoms with van der Waals surface area (Å²) < 4.78 is 0. The summed E-state index contributed by atoms with van der Waals surface area (Å²) in [5, 5.41) is 0. The van der Waals surface area contributed by atoms with Crippen molar-refractivity contribution in [2.45, 2.75) is 33.5 Å². The van der Waals surface area contributed by atoms with Gasteiger partial charge in [0, 0.05) is 0 Å². The van der Waals surface area contributed by atoms with Gasteiger partial charge in [-0.25, -0.2) is 0 Å². The molecule has 0 aromatic heterocycles. The average molecular weight is 160 g/mol. The Labute approximate surface area is 77.2 Å². The molecule has 12 heavy (non-hydrogen) atoms. The van der Waals surface area contributed by atoms with Crippen molar-refractivity contribution in [2.75, 3.05) is 0 Å². The van der Waals surface area contributed by atoms with E-state index in [1.807, 2.05) is 0 Å². The highest BCUT2D eigenvalue weighted by Gasteiger charge is 2.29. The van der Waals surface area contributed by atoms with E-state index in [2.05, 4.69) is 27.4 Å². The third kappa shape index (κ3) is 1.37. The summed E-state index contributed by atoms with van der Waals surface area (Å²) in [4.78, 5) is 0. The predicted octanol–water partition coefficient (Wildman–Crippen LogP) is 3.12. The van der Waals surface area contributed by atoms with Crippen molar-refractivity contribution in [3.63, 3.8) is 0 Å². The maximum Gasteiger partial charge on any atom is 0.0653 e. The zero-order valence-corrected chi connectivity index (χ0v) is 8.35. The predicted molar refractivity (Wildman–Crippen MR) is 55.3 cm³/mol. The van der Waals surface area contributed by atoms with Gasteiger partial charge in [0.25, 0.3) is 0 Å². The van der Waals surface area contributed by atoms with Gasteiger partial charge in [0.1, 0.15) is 0 Å². The van der Waals surface area contributed by atoms with Gasteiger partial charge in [-0.05, 0) is 36.8 Å². The lowest BCUT2D eigenvalue weighted by molar-refractivity contribution is 0.484. The van der Waals surface area contributed by atoms with Crippen LogP contribution in [0.3, 0.4) is 0 Å². The monoisotopic (exact) mass is 160 g/mol. The van der Waals surface area contributed by atoms with Gasteiger partial charge in [-0.15, -0.1) is 0 Å². The summed E-state index contributed by atoms with van der Waals surface area (Å²) >= 11 is 0. The van der Waals surface area contributed by atoms with E-state index < -0.39 is 0 Å². The molecule has 0 saturated heterocycles. The van der Waals surface area contributed by atoms with Crippen LogP contribution in [0.2, 0.25) is 6.32 Å². The molecule has 0 bridgehead atoms. The van der Waals surface area contributed by atoms with Gasteiger partial charge in [-0.1, -0.05) is 31.8 Å². The first kappa shape index (κ1) is 9.63. The number of hydrogen-bond acceptors (Lipinski definition) is 0. The zero-order chi connectivity index (χ0) is 9.30. The normalized spacial score (nSPS) is 30.1. The second kappa shape index (κ2) is 3.51. The first-order valence-electron chi connectivity index (χ1n) is 4.66. The molecular formula is C11H17B. The molecule has 1 rings (SSSR count). The van der Waals surface area contributed by atoms with Crippen LogP contribution in [-0.4, -0.2) is 7.85 Å². The minimum absolute atomic E-state index is 0.606. The van der Waals surface area contributed by atoms with Crippen molar-refractivity contribution in [3.8, 4) is 0 Å². The third-order valence-electron chi connectivity index (χ3n) is 3.28. The van der Waals surface area contributed by atoms with Gasteiger partial charge >= 0.3 is 0 Å². The van der Waals surface area contributed by atoms with Crippen LogP contribution < -0.4 is 0 Å². The summed E-state index contributed by atoms with van der Waals surface area (Å²) in [5.41, 5.74) is 4.21. The average Bonchev–Trinajstić information content (AvgIpc) is 2.23. The lowest BCUT2D eigenvalue weighted by atomic mass is 9.83.